The van der Waals surface area contributed by atoms with Gasteiger partial charge in [0.2, 0.25) is 5.95 Å². The van der Waals surface area contributed by atoms with E-state index in [0.717, 1.165) is 43.0 Å². The number of aryl methyl sites for hydroxylation is 1. The SMILES string of the molecule is CCNc1nc(C)cc(N2CCC(CN(C)C)CC2)n1. The van der Waals surface area contributed by atoms with Gasteiger partial charge in [-0.15, -0.1) is 0 Å². The first kappa shape index (κ1) is 15.0. The van der Waals surface area contributed by atoms with Crippen molar-refractivity contribution in [2.45, 2.75) is 26.7 Å². The molecule has 20 heavy (non-hydrogen) atoms. The Morgan fingerprint density at radius 1 is 1.30 bits per heavy atom. The number of nitrogens with zero attached hydrogens (tertiary/aromatic N) is 4. The number of hydrogen-bond acceptors (Lipinski definition) is 5. The topological polar surface area (TPSA) is 44.3 Å². The van der Waals surface area contributed by atoms with Gasteiger partial charge in [-0.1, -0.05) is 0 Å². The average Bonchev–Trinajstić information content (AvgIpc) is 2.38. The summed E-state index contributed by atoms with van der Waals surface area (Å²) < 4.78 is 0. The predicted octanol–water partition coefficient (Wildman–Crippen LogP) is 1.99. The first-order chi connectivity index (χ1) is 9.58. The summed E-state index contributed by atoms with van der Waals surface area (Å²) >= 11 is 0. The third-order valence-electron chi connectivity index (χ3n) is 3.74. The molecule has 1 aromatic heterocycles. The second-order valence-corrected chi connectivity index (χ2v) is 5.91. The van der Waals surface area contributed by atoms with Gasteiger partial charge in [0, 0.05) is 37.9 Å². The normalized spacial score (nSPS) is 16.8. The Balaban J connectivity index is 1.99. The predicted molar refractivity (Wildman–Crippen MR) is 84.4 cm³/mol. The lowest BCUT2D eigenvalue weighted by molar-refractivity contribution is 0.284. The molecule has 1 aliphatic rings. The Morgan fingerprint density at radius 3 is 2.60 bits per heavy atom. The molecule has 5 heteroatoms. The zero-order valence-corrected chi connectivity index (χ0v) is 13.2. The van der Waals surface area contributed by atoms with Crippen LogP contribution < -0.4 is 10.2 Å². The van der Waals surface area contributed by atoms with Gasteiger partial charge in [-0.2, -0.15) is 4.98 Å². The standard InChI is InChI=1S/C15H27N5/c1-5-16-15-17-12(2)10-14(18-15)20-8-6-13(7-9-20)11-19(3)4/h10,13H,5-9,11H2,1-4H3,(H,16,17,18). The van der Waals surface area contributed by atoms with E-state index in [0.29, 0.717) is 0 Å². The molecule has 1 N–H and O–H groups in total. The summed E-state index contributed by atoms with van der Waals surface area (Å²) in [5, 5.41) is 3.21. The third-order valence-corrected chi connectivity index (χ3v) is 3.74. The summed E-state index contributed by atoms with van der Waals surface area (Å²) in [5.74, 6) is 2.63. The average molecular weight is 277 g/mol. The molecule has 5 nitrogen and oxygen atoms in total. The van der Waals surface area contributed by atoms with Gasteiger partial charge in [0.1, 0.15) is 5.82 Å². The van der Waals surface area contributed by atoms with Crippen LogP contribution in [0.1, 0.15) is 25.5 Å². The maximum absolute atomic E-state index is 4.63. The Bertz CT molecular complexity index is 424. The van der Waals surface area contributed by atoms with Gasteiger partial charge in [0.05, 0.1) is 0 Å². The molecule has 0 amide bonds. The summed E-state index contributed by atoms with van der Waals surface area (Å²) in [4.78, 5) is 13.7. The van der Waals surface area contributed by atoms with Crippen LogP contribution in [0, 0.1) is 12.8 Å². The van der Waals surface area contributed by atoms with Crippen molar-refractivity contribution in [2.24, 2.45) is 5.92 Å². The second-order valence-electron chi connectivity index (χ2n) is 5.91. The Labute approximate surface area is 122 Å². The first-order valence-electron chi connectivity index (χ1n) is 7.57. The fourth-order valence-electron chi connectivity index (χ4n) is 2.81. The lowest BCUT2D eigenvalue weighted by Gasteiger charge is -2.34. The number of aromatic nitrogens is 2. The number of nitrogens with one attached hydrogen (secondary N) is 1. The van der Waals surface area contributed by atoms with Crippen molar-refractivity contribution in [2.75, 3.05) is 50.5 Å². The van der Waals surface area contributed by atoms with E-state index in [1.54, 1.807) is 0 Å². The van der Waals surface area contributed by atoms with Gasteiger partial charge in [-0.25, -0.2) is 4.98 Å². The lowest BCUT2D eigenvalue weighted by Crippen LogP contribution is -2.37. The number of piperidine rings is 1. The summed E-state index contributed by atoms with van der Waals surface area (Å²) in [6.07, 6.45) is 2.50. The Hall–Kier alpha value is -1.36. The fraction of sp³-hybridized carbons (Fsp3) is 0.733. The molecule has 0 spiro atoms. The molecule has 0 bridgehead atoms. The van der Waals surface area contributed by atoms with Crippen molar-refractivity contribution in [3.8, 4) is 0 Å². The van der Waals surface area contributed by atoms with Crippen LogP contribution in [0.25, 0.3) is 0 Å². The second kappa shape index (κ2) is 6.88. The first-order valence-corrected chi connectivity index (χ1v) is 7.57. The monoisotopic (exact) mass is 277 g/mol. The van der Waals surface area contributed by atoms with E-state index in [-0.39, 0.29) is 0 Å². The molecule has 2 rings (SSSR count). The van der Waals surface area contributed by atoms with Crippen LogP contribution >= 0.6 is 0 Å². The van der Waals surface area contributed by atoms with Crippen LogP contribution in [0.5, 0.6) is 0 Å². The Kier molecular flexibility index (Phi) is 5.17. The van der Waals surface area contributed by atoms with E-state index < -0.39 is 0 Å². The van der Waals surface area contributed by atoms with Gasteiger partial charge in [-0.3, -0.25) is 0 Å². The van der Waals surface area contributed by atoms with Gasteiger partial charge in [-0.05, 0) is 46.7 Å². The molecule has 112 valence electrons. The molecule has 0 unspecified atom stereocenters. The lowest BCUT2D eigenvalue weighted by atomic mass is 9.96. The molecule has 0 aromatic carbocycles. The molecule has 2 heterocycles. The largest absolute Gasteiger partial charge is 0.356 e. The van der Waals surface area contributed by atoms with E-state index in [9.17, 15) is 0 Å². The van der Waals surface area contributed by atoms with Crippen molar-refractivity contribution < 1.29 is 0 Å². The minimum Gasteiger partial charge on any atom is -0.356 e. The molecule has 1 fully saturated rings. The number of hydrogen-bond donors (Lipinski definition) is 1. The molecule has 0 atom stereocenters. The van der Waals surface area contributed by atoms with Crippen molar-refractivity contribution in [1.29, 1.82) is 0 Å². The molecule has 0 saturated carbocycles. The van der Waals surface area contributed by atoms with Crippen LogP contribution in [0.4, 0.5) is 11.8 Å². The van der Waals surface area contributed by atoms with Crippen molar-refractivity contribution in [1.82, 2.24) is 14.9 Å². The summed E-state index contributed by atoms with van der Waals surface area (Å²) in [6.45, 7) is 8.34. The summed E-state index contributed by atoms with van der Waals surface area (Å²) in [7, 11) is 4.31. The maximum Gasteiger partial charge on any atom is 0.224 e. The fourth-order valence-corrected chi connectivity index (χ4v) is 2.81. The van der Waals surface area contributed by atoms with Crippen molar-refractivity contribution in [3.63, 3.8) is 0 Å². The molecule has 1 aliphatic heterocycles. The zero-order chi connectivity index (χ0) is 14.5. The minimum absolute atomic E-state index is 0.748. The molecular formula is C15H27N5. The van der Waals surface area contributed by atoms with Gasteiger partial charge in [0.15, 0.2) is 0 Å². The zero-order valence-electron chi connectivity index (χ0n) is 13.2. The van der Waals surface area contributed by atoms with Crippen molar-refractivity contribution in [3.05, 3.63) is 11.8 Å². The van der Waals surface area contributed by atoms with Gasteiger partial charge >= 0.3 is 0 Å². The molecule has 0 radical (unpaired) electrons. The van der Waals surface area contributed by atoms with Crippen LogP contribution in [0.3, 0.4) is 0 Å². The molecule has 0 aliphatic carbocycles. The number of rotatable bonds is 5. The smallest absolute Gasteiger partial charge is 0.224 e. The molecule has 1 aromatic rings. The van der Waals surface area contributed by atoms with Crippen LogP contribution in [0.2, 0.25) is 0 Å². The highest BCUT2D eigenvalue weighted by molar-refractivity contribution is 5.45. The third kappa shape index (κ3) is 4.07. The van der Waals surface area contributed by atoms with E-state index in [2.05, 4.69) is 52.2 Å². The Morgan fingerprint density at radius 2 is 2.00 bits per heavy atom. The van der Waals surface area contributed by atoms with Gasteiger partial charge in [0.25, 0.3) is 0 Å². The molecule has 1 saturated heterocycles. The quantitative estimate of drug-likeness (QED) is 0.892. The van der Waals surface area contributed by atoms with Crippen molar-refractivity contribution >= 4 is 11.8 Å². The summed E-state index contributed by atoms with van der Waals surface area (Å²) in [6, 6.07) is 2.09. The summed E-state index contributed by atoms with van der Waals surface area (Å²) in [5.41, 5.74) is 1.03. The number of anilines is 2. The highest BCUT2D eigenvalue weighted by atomic mass is 15.2. The van der Waals surface area contributed by atoms with Crippen LogP contribution in [-0.2, 0) is 0 Å². The molecular weight excluding hydrogens is 250 g/mol. The van der Waals surface area contributed by atoms with E-state index in [1.165, 1.54) is 19.4 Å². The maximum atomic E-state index is 4.63. The van der Waals surface area contributed by atoms with Gasteiger partial charge < -0.3 is 15.1 Å². The highest BCUT2D eigenvalue weighted by Gasteiger charge is 2.21. The van der Waals surface area contributed by atoms with Crippen LogP contribution in [0.15, 0.2) is 6.07 Å². The highest BCUT2D eigenvalue weighted by Crippen LogP contribution is 2.23. The van der Waals surface area contributed by atoms with E-state index in [1.807, 2.05) is 6.92 Å². The van der Waals surface area contributed by atoms with E-state index in [4.69, 9.17) is 0 Å². The minimum atomic E-state index is 0.748. The van der Waals surface area contributed by atoms with E-state index >= 15 is 0 Å². The van der Waals surface area contributed by atoms with Crippen LogP contribution in [-0.4, -0.2) is 55.1 Å².